The van der Waals surface area contributed by atoms with Gasteiger partial charge in [0.05, 0.1) is 6.34 Å². The normalized spacial score (nSPS) is 11.2. The van der Waals surface area contributed by atoms with Gasteiger partial charge in [-0.3, -0.25) is 9.79 Å². The summed E-state index contributed by atoms with van der Waals surface area (Å²) in [6, 6.07) is 17.7. The van der Waals surface area contributed by atoms with Crippen LogP contribution < -0.4 is 5.32 Å². The van der Waals surface area contributed by atoms with Crippen molar-refractivity contribution in [2.45, 2.75) is 40.5 Å². The maximum Gasteiger partial charge on any atom is 0.272 e. The second-order valence-electron chi connectivity index (χ2n) is 6.40. The first-order valence-electron chi connectivity index (χ1n) is 9.92. The third kappa shape index (κ3) is 7.39. The SMILES string of the molecule is CC.CCN=CN(C)/C(=C\c1cccc(C(C)C)c1)C(=O)Nc1ccccc1. The molecule has 150 valence electrons. The number of likely N-dealkylation sites (N-methyl/N-ethyl adjacent to an activating group) is 1. The number of nitrogens with zero attached hydrogens (tertiary/aromatic N) is 2. The van der Waals surface area contributed by atoms with Crippen LogP contribution >= 0.6 is 0 Å². The summed E-state index contributed by atoms with van der Waals surface area (Å²) in [6.07, 6.45) is 3.58. The number of hydrogen-bond acceptors (Lipinski definition) is 2. The minimum Gasteiger partial charge on any atom is -0.331 e. The third-order valence-electron chi connectivity index (χ3n) is 3.96. The van der Waals surface area contributed by atoms with E-state index in [4.69, 9.17) is 0 Å². The predicted octanol–water partition coefficient (Wildman–Crippen LogP) is 5.80. The van der Waals surface area contributed by atoms with Gasteiger partial charge in [0.1, 0.15) is 5.70 Å². The van der Waals surface area contributed by atoms with Crippen molar-refractivity contribution in [2.75, 3.05) is 18.9 Å². The van der Waals surface area contributed by atoms with Gasteiger partial charge in [0.25, 0.3) is 5.91 Å². The lowest BCUT2D eigenvalue weighted by atomic mass is 10.0. The van der Waals surface area contributed by atoms with Crippen molar-refractivity contribution in [3.63, 3.8) is 0 Å². The summed E-state index contributed by atoms with van der Waals surface area (Å²) in [5.74, 6) is 0.264. The smallest absolute Gasteiger partial charge is 0.272 e. The molecule has 0 atom stereocenters. The second kappa shape index (κ2) is 12.5. The van der Waals surface area contributed by atoms with Crippen molar-refractivity contribution >= 4 is 24.0 Å². The zero-order valence-corrected chi connectivity index (χ0v) is 17.9. The number of aliphatic imine (C=N–C) groups is 1. The summed E-state index contributed by atoms with van der Waals surface area (Å²) in [5.41, 5.74) is 3.53. The molecule has 1 N–H and O–H groups in total. The van der Waals surface area contributed by atoms with Crippen LogP contribution in [-0.4, -0.2) is 30.7 Å². The van der Waals surface area contributed by atoms with E-state index in [1.807, 2.05) is 76.4 Å². The molecule has 1 amide bonds. The third-order valence-corrected chi connectivity index (χ3v) is 3.96. The molecule has 4 nitrogen and oxygen atoms in total. The van der Waals surface area contributed by atoms with Crippen LogP contribution in [0.1, 0.15) is 51.7 Å². The minimum absolute atomic E-state index is 0.170. The van der Waals surface area contributed by atoms with Gasteiger partial charge in [0.2, 0.25) is 0 Å². The quantitative estimate of drug-likeness (QED) is 0.375. The highest BCUT2D eigenvalue weighted by molar-refractivity contribution is 6.07. The topological polar surface area (TPSA) is 44.7 Å². The standard InChI is InChI=1S/C22H27N3O.C2H6/c1-5-23-16-25(4)21(22(26)24-20-12-7-6-8-13-20)15-18-10-9-11-19(14-18)17(2)3;1-2/h6-17H,5H2,1-4H3,(H,24,26);1-2H3/b21-15-,23-16?;. The molecule has 0 saturated carbocycles. The molecule has 0 radical (unpaired) electrons. The van der Waals surface area contributed by atoms with Crippen LogP contribution in [0.2, 0.25) is 0 Å². The molecule has 2 aromatic rings. The number of anilines is 1. The molecule has 0 bridgehead atoms. The number of carbonyl (C=O) groups is 1. The van der Waals surface area contributed by atoms with Crippen LogP contribution in [0.15, 0.2) is 65.3 Å². The maximum atomic E-state index is 12.9. The van der Waals surface area contributed by atoms with Gasteiger partial charge >= 0.3 is 0 Å². The number of amides is 1. The largest absolute Gasteiger partial charge is 0.331 e. The Morgan fingerprint density at radius 3 is 2.39 bits per heavy atom. The Bertz CT molecular complexity index is 779. The Hall–Kier alpha value is -2.88. The number of hydrogen-bond donors (Lipinski definition) is 1. The second-order valence-corrected chi connectivity index (χ2v) is 6.40. The van der Waals surface area contributed by atoms with Crippen molar-refractivity contribution in [3.05, 3.63) is 71.4 Å². The summed E-state index contributed by atoms with van der Waals surface area (Å²) in [6.45, 7) is 10.9. The molecule has 0 spiro atoms. The number of para-hydroxylation sites is 1. The van der Waals surface area contributed by atoms with Crippen molar-refractivity contribution in [2.24, 2.45) is 4.99 Å². The first kappa shape index (κ1) is 23.2. The van der Waals surface area contributed by atoms with E-state index in [2.05, 4.69) is 36.3 Å². The van der Waals surface area contributed by atoms with Crippen LogP contribution in [0.25, 0.3) is 6.08 Å². The van der Waals surface area contributed by atoms with E-state index in [0.29, 0.717) is 18.2 Å². The molecule has 0 aliphatic carbocycles. The lowest BCUT2D eigenvalue weighted by Crippen LogP contribution is -2.27. The number of nitrogens with one attached hydrogen (secondary N) is 1. The first-order valence-corrected chi connectivity index (χ1v) is 9.92. The first-order chi connectivity index (χ1) is 13.5. The summed E-state index contributed by atoms with van der Waals surface area (Å²) >= 11 is 0. The zero-order chi connectivity index (χ0) is 20.9. The molecular formula is C24H33N3O. The molecule has 0 saturated heterocycles. The van der Waals surface area contributed by atoms with Crippen LogP contribution in [-0.2, 0) is 4.79 Å². The van der Waals surface area contributed by atoms with Gasteiger partial charge < -0.3 is 10.2 Å². The molecule has 0 aliphatic rings. The van der Waals surface area contributed by atoms with Crippen LogP contribution in [0.4, 0.5) is 5.69 Å². The highest BCUT2D eigenvalue weighted by Gasteiger charge is 2.14. The lowest BCUT2D eigenvalue weighted by molar-refractivity contribution is -0.113. The van der Waals surface area contributed by atoms with Crippen LogP contribution in [0.5, 0.6) is 0 Å². The van der Waals surface area contributed by atoms with Crippen molar-refractivity contribution in [1.82, 2.24) is 4.90 Å². The highest BCUT2D eigenvalue weighted by Crippen LogP contribution is 2.19. The van der Waals surface area contributed by atoms with E-state index >= 15 is 0 Å². The van der Waals surface area contributed by atoms with Gasteiger partial charge in [-0.05, 0) is 42.2 Å². The average molecular weight is 380 g/mol. The number of carbonyl (C=O) groups excluding carboxylic acids is 1. The summed E-state index contributed by atoms with van der Waals surface area (Å²) in [7, 11) is 1.84. The van der Waals surface area contributed by atoms with Crippen molar-refractivity contribution in [1.29, 1.82) is 0 Å². The fraction of sp³-hybridized carbons (Fsp3) is 0.333. The summed E-state index contributed by atoms with van der Waals surface area (Å²) in [5, 5.41) is 2.95. The minimum atomic E-state index is -0.170. The van der Waals surface area contributed by atoms with E-state index < -0.39 is 0 Å². The van der Waals surface area contributed by atoms with E-state index in [9.17, 15) is 4.79 Å². The van der Waals surface area contributed by atoms with Crippen LogP contribution in [0.3, 0.4) is 0 Å². The monoisotopic (exact) mass is 379 g/mol. The molecule has 0 unspecified atom stereocenters. The van der Waals surface area contributed by atoms with Gasteiger partial charge in [-0.15, -0.1) is 0 Å². The van der Waals surface area contributed by atoms with Gasteiger partial charge in [0, 0.05) is 19.3 Å². The fourth-order valence-electron chi connectivity index (χ4n) is 2.48. The molecule has 0 aliphatic heterocycles. The Balaban J connectivity index is 0.00000190. The lowest BCUT2D eigenvalue weighted by Gasteiger charge is -2.18. The van der Waals surface area contributed by atoms with Gasteiger partial charge in [-0.2, -0.15) is 0 Å². The Morgan fingerprint density at radius 2 is 1.79 bits per heavy atom. The van der Waals surface area contributed by atoms with Crippen LogP contribution in [0, 0.1) is 0 Å². The molecule has 2 rings (SSSR count). The molecule has 28 heavy (non-hydrogen) atoms. The van der Waals surface area contributed by atoms with Gasteiger partial charge in [0.15, 0.2) is 0 Å². The molecule has 0 heterocycles. The Kier molecular flexibility index (Phi) is 10.3. The zero-order valence-electron chi connectivity index (χ0n) is 17.9. The van der Waals surface area contributed by atoms with Gasteiger partial charge in [-0.25, -0.2) is 0 Å². The summed E-state index contributed by atoms with van der Waals surface area (Å²) < 4.78 is 0. The van der Waals surface area contributed by atoms with E-state index in [1.54, 1.807) is 11.2 Å². The molecule has 4 heteroatoms. The summed E-state index contributed by atoms with van der Waals surface area (Å²) in [4.78, 5) is 18.9. The highest BCUT2D eigenvalue weighted by atomic mass is 16.2. The predicted molar refractivity (Wildman–Crippen MR) is 122 cm³/mol. The molecule has 0 aromatic heterocycles. The number of benzene rings is 2. The fourth-order valence-corrected chi connectivity index (χ4v) is 2.48. The van der Waals surface area contributed by atoms with Gasteiger partial charge in [-0.1, -0.05) is 70.2 Å². The van der Waals surface area contributed by atoms with E-state index in [1.165, 1.54) is 5.56 Å². The van der Waals surface area contributed by atoms with Crippen molar-refractivity contribution < 1.29 is 4.79 Å². The number of rotatable bonds is 7. The van der Waals surface area contributed by atoms with E-state index in [0.717, 1.165) is 11.3 Å². The molecule has 0 fully saturated rings. The Labute approximate surface area is 170 Å². The van der Waals surface area contributed by atoms with Crippen molar-refractivity contribution in [3.8, 4) is 0 Å². The maximum absolute atomic E-state index is 12.9. The molecular weight excluding hydrogens is 346 g/mol. The molecule has 2 aromatic carbocycles. The van der Waals surface area contributed by atoms with E-state index in [-0.39, 0.29) is 5.91 Å². The average Bonchev–Trinajstić information content (AvgIpc) is 2.72. The Morgan fingerprint density at radius 1 is 1.11 bits per heavy atom.